The second-order valence-corrected chi connectivity index (χ2v) is 9.95. The molecule has 3 N–H and O–H groups in total. The fourth-order valence-electron chi connectivity index (χ4n) is 5.01. The zero-order chi connectivity index (χ0) is 25.7. The topological polar surface area (TPSA) is 88.3 Å². The van der Waals surface area contributed by atoms with Crippen LogP contribution >= 0.6 is 0 Å². The average molecular weight is 485 g/mol. The first kappa shape index (κ1) is 25.6. The Bertz CT molecular complexity index is 1180. The van der Waals surface area contributed by atoms with Crippen LogP contribution in [-0.2, 0) is 9.59 Å². The molecule has 3 aromatic rings. The first-order valence-corrected chi connectivity index (χ1v) is 12.8. The number of nitrogens with one attached hydrogen (secondary N) is 1. The van der Waals surface area contributed by atoms with Crippen LogP contribution in [0.4, 0.5) is 5.69 Å². The van der Waals surface area contributed by atoms with Crippen molar-refractivity contribution in [2.45, 2.75) is 58.0 Å². The maximum Gasteiger partial charge on any atom is 0.224 e. The molecule has 1 aliphatic rings. The number of rotatable bonds is 7. The number of hydrogen-bond acceptors (Lipinski definition) is 4. The molecule has 1 aromatic heterocycles. The van der Waals surface area contributed by atoms with Crippen LogP contribution in [0.1, 0.15) is 57.6 Å². The average Bonchev–Trinajstić information content (AvgIpc) is 2.89. The van der Waals surface area contributed by atoms with Crippen molar-refractivity contribution in [2.75, 3.05) is 12.4 Å². The van der Waals surface area contributed by atoms with Crippen molar-refractivity contribution in [3.05, 3.63) is 72.4 Å². The van der Waals surface area contributed by atoms with Gasteiger partial charge in [0.15, 0.2) is 0 Å². The summed E-state index contributed by atoms with van der Waals surface area (Å²) in [5.41, 5.74) is 11.7. The minimum absolute atomic E-state index is 0.00761. The monoisotopic (exact) mass is 484 g/mol. The van der Waals surface area contributed by atoms with E-state index in [9.17, 15) is 9.59 Å². The van der Waals surface area contributed by atoms with Gasteiger partial charge >= 0.3 is 0 Å². The van der Waals surface area contributed by atoms with Crippen LogP contribution in [-0.4, -0.2) is 34.8 Å². The van der Waals surface area contributed by atoms with E-state index in [0.717, 1.165) is 53.6 Å². The van der Waals surface area contributed by atoms with Crippen molar-refractivity contribution in [1.82, 2.24) is 9.88 Å². The van der Waals surface area contributed by atoms with Gasteiger partial charge in [-0.2, -0.15) is 0 Å². The molecule has 2 aromatic carbocycles. The molecule has 1 atom stereocenters. The molecule has 1 fully saturated rings. The van der Waals surface area contributed by atoms with Gasteiger partial charge in [0, 0.05) is 43.6 Å². The number of carbonyl (C=O) groups excluding carboxylic acids is 2. The van der Waals surface area contributed by atoms with E-state index in [0.29, 0.717) is 18.0 Å². The second kappa shape index (κ2) is 11.5. The summed E-state index contributed by atoms with van der Waals surface area (Å²) >= 11 is 0. The lowest BCUT2D eigenvalue weighted by Gasteiger charge is -2.34. The Hall–Kier alpha value is -3.51. The summed E-state index contributed by atoms with van der Waals surface area (Å²) in [6, 6.07) is 20.5. The molecule has 188 valence electrons. The second-order valence-electron chi connectivity index (χ2n) is 9.95. The van der Waals surface area contributed by atoms with Gasteiger partial charge in [0.2, 0.25) is 11.8 Å². The molecule has 4 rings (SSSR count). The molecule has 0 spiro atoms. The van der Waals surface area contributed by atoms with Crippen LogP contribution in [0.5, 0.6) is 0 Å². The Morgan fingerprint density at radius 1 is 1.03 bits per heavy atom. The summed E-state index contributed by atoms with van der Waals surface area (Å²) < 4.78 is 0. The zero-order valence-electron chi connectivity index (χ0n) is 21.4. The normalized spacial score (nSPS) is 18.3. The quantitative estimate of drug-likeness (QED) is 0.443. The summed E-state index contributed by atoms with van der Waals surface area (Å²) in [6.07, 6.45) is 6.03. The summed E-state index contributed by atoms with van der Waals surface area (Å²) in [5.74, 6) is 0.449. The molecular formula is C30H36N4O2. The number of hydrogen-bond donors (Lipinski definition) is 2. The van der Waals surface area contributed by atoms with Gasteiger partial charge in [0.1, 0.15) is 0 Å². The van der Waals surface area contributed by atoms with E-state index in [4.69, 9.17) is 10.7 Å². The van der Waals surface area contributed by atoms with E-state index in [1.807, 2.05) is 67.4 Å². The SMILES string of the molecule is CC(=O)N(C)[C@H]1CC[C@H](CC(=O)Nc2cnc(-c3ccc(C(C)N)cc3)c(-c3ccccc3)c2)CC1. The Balaban J connectivity index is 1.48. The van der Waals surface area contributed by atoms with Gasteiger partial charge in [-0.3, -0.25) is 14.6 Å². The van der Waals surface area contributed by atoms with Gasteiger partial charge < -0.3 is 16.0 Å². The van der Waals surface area contributed by atoms with E-state index in [-0.39, 0.29) is 23.9 Å². The number of benzene rings is 2. The maximum atomic E-state index is 12.9. The number of nitrogens with two attached hydrogens (primary N) is 1. The standard InChI is InChI=1S/C30H36N4O2/c1-20(31)23-11-13-25(14-12-23)30-28(24-7-5-4-6-8-24)18-26(19-32-30)33-29(36)17-22-9-15-27(16-10-22)34(3)21(2)35/h4-8,11-14,18-20,22,27H,9-10,15-17,31H2,1-3H3,(H,33,36)/t20?,22-,27-. The van der Waals surface area contributed by atoms with Gasteiger partial charge in [-0.05, 0) is 55.7 Å². The highest BCUT2D eigenvalue weighted by Crippen LogP contribution is 2.34. The molecular weight excluding hydrogens is 448 g/mol. The third-order valence-electron chi connectivity index (χ3n) is 7.30. The Kier molecular flexibility index (Phi) is 8.16. The van der Waals surface area contributed by atoms with Crippen molar-refractivity contribution in [1.29, 1.82) is 0 Å². The highest BCUT2D eigenvalue weighted by atomic mass is 16.2. The molecule has 6 nitrogen and oxygen atoms in total. The Morgan fingerprint density at radius 3 is 2.31 bits per heavy atom. The lowest BCUT2D eigenvalue weighted by Crippen LogP contribution is -2.38. The van der Waals surface area contributed by atoms with Crippen molar-refractivity contribution in [2.24, 2.45) is 11.7 Å². The number of nitrogens with zero attached hydrogens (tertiary/aromatic N) is 2. The summed E-state index contributed by atoms with van der Waals surface area (Å²) in [5, 5.41) is 3.07. The minimum Gasteiger partial charge on any atom is -0.343 e. The molecule has 0 radical (unpaired) electrons. The van der Waals surface area contributed by atoms with Crippen LogP contribution in [0.2, 0.25) is 0 Å². The number of carbonyl (C=O) groups is 2. The first-order valence-electron chi connectivity index (χ1n) is 12.8. The molecule has 2 amide bonds. The highest BCUT2D eigenvalue weighted by Gasteiger charge is 2.26. The van der Waals surface area contributed by atoms with E-state index < -0.39 is 0 Å². The third-order valence-corrected chi connectivity index (χ3v) is 7.30. The summed E-state index contributed by atoms with van der Waals surface area (Å²) in [4.78, 5) is 31.1. The molecule has 0 aliphatic heterocycles. The predicted octanol–water partition coefficient (Wildman–Crippen LogP) is 5.80. The molecule has 1 unspecified atom stereocenters. The lowest BCUT2D eigenvalue weighted by atomic mass is 9.83. The Morgan fingerprint density at radius 2 is 1.69 bits per heavy atom. The largest absolute Gasteiger partial charge is 0.343 e. The smallest absolute Gasteiger partial charge is 0.224 e. The van der Waals surface area contributed by atoms with Gasteiger partial charge in [-0.15, -0.1) is 0 Å². The van der Waals surface area contributed by atoms with E-state index in [1.165, 1.54) is 0 Å². The molecule has 0 saturated heterocycles. The van der Waals surface area contributed by atoms with Crippen LogP contribution in [0.3, 0.4) is 0 Å². The summed E-state index contributed by atoms with van der Waals surface area (Å²) in [7, 11) is 1.87. The van der Waals surface area contributed by atoms with Crippen LogP contribution in [0.25, 0.3) is 22.4 Å². The van der Waals surface area contributed by atoms with Crippen molar-refractivity contribution in [3.8, 4) is 22.4 Å². The molecule has 6 heteroatoms. The van der Waals surface area contributed by atoms with Gasteiger partial charge in [0.05, 0.1) is 17.6 Å². The first-order chi connectivity index (χ1) is 17.3. The van der Waals surface area contributed by atoms with Crippen molar-refractivity contribution >= 4 is 17.5 Å². The summed E-state index contributed by atoms with van der Waals surface area (Å²) in [6.45, 7) is 3.58. The molecule has 1 heterocycles. The van der Waals surface area contributed by atoms with Crippen LogP contribution < -0.4 is 11.1 Å². The lowest BCUT2D eigenvalue weighted by molar-refractivity contribution is -0.130. The van der Waals surface area contributed by atoms with Crippen LogP contribution in [0, 0.1) is 5.92 Å². The fraction of sp³-hybridized carbons (Fsp3) is 0.367. The highest BCUT2D eigenvalue weighted by molar-refractivity contribution is 5.93. The van der Waals surface area contributed by atoms with Gasteiger partial charge in [-0.1, -0.05) is 54.6 Å². The van der Waals surface area contributed by atoms with Crippen molar-refractivity contribution in [3.63, 3.8) is 0 Å². The maximum absolute atomic E-state index is 12.9. The van der Waals surface area contributed by atoms with Gasteiger partial charge in [0.25, 0.3) is 0 Å². The Labute approximate surface area is 213 Å². The number of amides is 2. The number of aromatic nitrogens is 1. The molecule has 0 bridgehead atoms. The zero-order valence-corrected chi connectivity index (χ0v) is 21.4. The van der Waals surface area contributed by atoms with Gasteiger partial charge in [-0.25, -0.2) is 0 Å². The predicted molar refractivity (Wildman–Crippen MR) is 145 cm³/mol. The third kappa shape index (κ3) is 6.18. The van der Waals surface area contributed by atoms with Crippen LogP contribution in [0.15, 0.2) is 66.9 Å². The molecule has 1 saturated carbocycles. The number of pyridine rings is 1. The van der Waals surface area contributed by atoms with E-state index in [2.05, 4.69) is 17.4 Å². The number of anilines is 1. The molecule has 1 aliphatic carbocycles. The van der Waals surface area contributed by atoms with E-state index >= 15 is 0 Å². The minimum atomic E-state index is -0.0247. The molecule has 36 heavy (non-hydrogen) atoms. The fourth-order valence-corrected chi connectivity index (χ4v) is 5.01. The van der Waals surface area contributed by atoms with E-state index in [1.54, 1.807) is 13.1 Å². The van der Waals surface area contributed by atoms with Crippen molar-refractivity contribution < 1.29 is 9.59 Å².